The van der Waals surface area contributed by atoms with Gasteiger partial charge in [0.1, 0.15) is 5.75 Å². The molecule has 0 fully saturated rings. The minimum atomic E-state index is -3.60. The lowest BCUT2D eigenvalue weighted by Crippen LogP contribution is -2.17. The fourth-order valence-electron chi connectivity index (χ4n) is 2.17. The van der Waals surface area contributed by atoms with Crippen molar-refractivity contribution in [3.8, 4) is 17.0 Å². The lowest BCUT2D eigenvalue weighted by atomic mass is 10.2. The number of hydrogen-bond acceptors (Lipinski definition) is 7. The van der Waals surface area contributed by atoms with Crippen LogP contribution in [0.3, 0.4) is 0 Å². The molecule has 0 unspecified atom stereocenters. The molecule has 134 valence electrons. The van der Waals surface area contributed by atoms with E-state index in [4.69, 9.17) is 0 Å². The molecule has 0 bridgehead atoms. The van der Waals surface area contributed by atoms with Gasteiger partial charge < -0.3 is 10.4 Å². The zero-order valence-electron chi connectivity index (χ0n) is 13.5. The van der Waals surface area contributed by atoms with Crippen LogP contribution < -0.4 is 5.32 Å². The predicted octanol–water partition coefficient (Wildman–Crippen LogP) is 2.71. The normalized spacial score (nSPS) is 11.2. The summed E-state index contributed by atoms with van der Waals surface area (Å²) in [5.41, 5.74) is 1.59. The number of pyridine rings is 1. The van der Waals surface area contributed by atoms with Crippen molar-refractivity contribution in [2.75, 3.05) is 11.1 Å². The Hall–Kier alpha value is -2.78. The van der Waals surface area contributed by atoms with Crippen molar-refractivity contribution in [3.63, 3.8) is 0 Å². The van der Waals surface area contributed by atoms with E-state index in [-0.39, 0.29) is 22.8 Å². The minimum Gasteiger partial charge on any atom is -0.508 e. The Bertz CT molecular complexity index is 1000. The number of aromatic hydroxyl groups is 1. The third kappa shape index (κ3) is 4.44. The molecule has 9 heteroatoms. The highest BCUT2D eigenvalue weighted by molar-refractivity contribution is 7.91. The predicted molar refractivity (Wildman–Crippen MR) is 98.8 cm³/mol. The summed E-state index contributed by atoms with van der Waals surface area (Å²) in [6.45, 7) is 0. The van der Waals surface area contributed by atoms with Crippen LogP contribution in [0.25, 0.3) is 11.3 Å². The molecule has 0 aliphatic rings. The van der Waals surface area contributed by atoms with Crippen LogP contribution in [0.5, 0.6) is 5.75 Å². The number of thiazole rings is 1. The first-order valence-corrected chi connectivity index (χ1v) is 10.1. The number of nitrogens with zero attached hydrogens (tertiary/aromatic N) is 2. The third-order valence-corrected chi connectivity index (χ3v) is 6.01. The number of phenols is 1. The number of amides is 1. The maximum atomic E-state index is 12.2. The molecule has 1 aromatic carbocycles. The summed E-state index contributed by atoms with van der Waals surface area (Å²) in [5, 5.41) is 14.0. The zero-order valence-corrected chi connectivity index (χ0v) is 15.1. The summed E-state index contributed by atoms with van der Waals surface area (Å²) in [6, 6.07) is 8.83. The van der Waals surface area contributed by atoms with Gasteiger partial charge in [-0.1, -0.05) is 0 Å². The number of phenolic OH excluding ortho intramolecular Hbond substituents is 1. The Labute approximate surface area is 154 Å². The van der Waals surface area contributed by atoms with Gasteiger partial charge in [0.05, 0.1) is 16.3 Å². The molecular weight excluding hydrogens is 374 g/mol. The number of rotatable bonds is 6. The molecule has 0 aliphatic carbocycles. The van der Waals surface area contributed by atoms with Gasteiger partial charge in [-0.3, -0.25) is 9.78 Å². The molecule has 0 atom stereocenters. The number of nitrogens with one attached hydrogen (secondary N) is 1. The molecule has 2 heterocycles. The molecule has 0 aliphatic heterocycles. The summed E-state index contributed by atoms with van der Waals surface area (Å²) in [6.07, 6.45) is 3.12. The number of aromatic nitrogens is 2. The van der Waals surface area contributed by atoms with E-state index in [9.17, 15) is 18.3 Å². The van der Waals surface area contributed by atoms with Gasteiger partial charge in [-0.05, 0) is 36.4 Å². The second-order valence-electron chi connectivity index (χ2n) is 5.38. The molecule has 3 rings (SSSR count). The van der Waals surface area contributed by atoms with Gasteiger partial charge in [-0.25, -0.2) is 13.4 Å². The lowest BCUT2D eigenvalue weighted by molar-refractivity contribution is -0.115. The van der Waals surface area contributed by atoms with Gasteiger partial charge in [0.15, 0.2) is 15.0 Å². The van der Waals surface area contributed by atoms with E-state index in [2.05, 4.69) is 15.3 Å². The van der Waals surface area contributed by atoms with Crippen LogP contribution in [-0.2, 0) is 14.6 Å². The van der Waals surface area contributed by atoms with Gasteiger partial charge in [-0.2, -0.15) is 0 Å². The molecule has 1 amide bonds. The van der Waals surface area contributed by atoms with Crippen molar-refractivity contribution in [2.45, 2.75) is 11.3 Å². The fourth-order valence-corrected chi connectivity index (χ4v) is 4.14. The number of benzene rings is 1. The quantitative estimate of drug-likeness (QED) is 0.671. The average molecular weight is 389 g/mol. The largest absolute Gasteiger partial charge is 0.508 e. The van der Waals surface area contributed by atoms with E-state index in [1.54, 1.807) is 17.8 Å². The molecule has 0 saturated heterocycles. The Morgan fingerprint density at radius 2 is 1.81 bits per heavy atom. The number of sulfone groups is 1. The van der Waals surface area contributed by atoms with Crippen molar-refractivity contribution in [1.29, 1.82) is 0 Å². The van der Waals surface area contributed by atoms with Crippen molar-refractivity contribution >= 4 is 32.2 Å². The van der Waals surface area contributed by atoms with Gasteiger partial charge in [0, 0.05) is 29.8 Å². The summed E-state index contributed by atoms with van der Waals surface area (Å²) in [7, 11) is -3.60. The Morgan fingerprint density at radius 1 is 1.12 bits per heavy atom. The number of carbonyl (C=O) groups excluding carboxylic acids is 1. The average Bonchev–Trinajstić information content (AvgIpc) is 3.10. The van der Waals surface area contributed by atoms with Crippen molar-refractivity contribution in [1.82, 2.24) is 9.97 Å². The first-order valence-electron chi connectivity index (χ1n) is 7.61. The summed E-state index contributed by atoms with van der Waals surface area (Å²) >= 11 is 1.26. The highest BCUT2D eigenvalue weighted by Crippen LogP contribution is 2.24. The molecule has 2 N–H and O–H groups in total. The molecule has 2 aromatic heterocycles. The lowest BCUT2D eigenvalue weighted by Gasteiger charge is -2.05. The Kier molecular flexibility index (Phi) is 5.29. The Balaban J connectivity index is 1.59. The highest BCUT2D eigenvalue weighted by Gasteiger charge is 2.17. The van der Waals surface area contributed by atoms with E-state index in [0.29, 0.717) is 10.8 Å². The highest BCUT2D eigenvalue weighted by atomic mass is 32.2. The van der Waals surface area contributed by atoms with E-state index >= 15 is 0 Å². The minimum absolute atomic E-state index is 0.0181. The molecule has 3 aromatic rings. The van der Waals surface area contributed by atoms with Crippen molar-refractivity contribution in [2.24, 2.45) is 0 Å². The molecule has 0 saturated carbocycles. The van der Waals surface area contributed by atoms with Crippen LogP contribution in [-0.4, -0.2) is 35.2 Å². The summed E-state index contributed by atoms with van der Waals surface area (Å²) in [5.74, 6) is -0.773. The van der Waals surface area contributed by atoms with Gasteiger partial charge in [-0.15, -0.1) is 11.3 Å². The molecule has 0 spiro atoms. The van der Waals surface area contributed by atoms with Crippen LogP contribution in [0.1, 0.15) is 6.42 Å². The zero-order chi connectivity index (χ0) is 18.6. The third-order valence-electron chi connectivity index (χ3n) is 3.52. The number of anilines is 1. The topological polar surface area (TPSA) is 109 Å². The van der Waals surface area contributed by atoms with E-state index in [1.165, 1.54) is 35.6 Å². The SMILES string of the molecule is O=C(CCS(=O)(=O)c1ccc(O)cc1)Nc1nc(-c2ccncc2)cs1. The number of hydrogen-bond donors (Lipinski definition) is 2. The fraction of sp³-hybridized carbons (Fsp3) is 0.118. The van der Waals surface area contributed by atoms with Crippen LogP contribution in [0.2, 0.25) is 0 Å². The first kappa shape index (κ1) is 18.0. The van der Waals surface area contributed by atoms with Crippen LogP contribution >= 0.6 is 11.3 Å². The maximum Gasteiger partial charge on any atom is 0.227 e. The van der Waals surface area contributed by atoms with Gasteiger partial charge in [0.2, 0.25) is 5.91 Å². The standard InChI is InChI=1S/C17H15N3O4S2/c21-13-1-3-14(4-2-13)26(23,24)10-7-16(22)20-17-19-15(11-25-17)12-5-8-18-9-6-12/h1-6,8-9,11,21H,7,10H2,(H,19,20,22). The molecule has 7 nitrogen and oxygen atoms in total. The molecule has 0 radical (unpaired) electrons. The Morgan fingerprint density at radius 3 is 2.50 bits per heavy atom. The molecular formula is C17H15N3O4S2. The number of carbonyl (C=O) groups is 1. The van der Waals surface area contributed by atoms with Crippen molar-refractivity contribution in [3.05, 3.63) is 54.2 Å². The van der Waals surface area contributed by atoms with Gasteiger partial charge in [0.25, 0.3) is 0 Å². The van der Waals surface area contributed by atoms with Crippen LogP contribution in [0.15, 0.2) is 59.1 Å². The van der Waals surface area contributed by atoms with E-state index < -0.39 is 15.7 Å². The second kappa shape index (κ2) is 7.63. The van der Waals surface area contributed by atoms with Crippen molar-refractivity contribution < 1.29 is 18.3 Å². The summed E-state index contributed by atoms with van der Waals surface area (Å²) < 4.78 is 24.4. The maximum absolute atomic E-state index is 12.2. The monoisotopic (exact) mass is 389 g/mol. The van der Waals surface area contributed by atoms with Gasteiger partial charge >= 0.3 is 0 Å². The second-order valence-corrected chi connectivity index (χ2v) is 8.35. The summed E-state index contributed by atoms with van der Waals surface area (Å²) in [4.78, 5) is 20.4. The van der Waals surface area contributed by atoms with Crippen LogP contribution in [0, 0.1) is 0 Å². The van der Waals surface area contributed by atoms with E-state index in [0.717, 1.165) is 5.56 Å². The van der Waals surface area contributed by atoms with Crippen LogP contribution in [0.4, 0.5) is 5.13 Å². The smallest absolute Gasteiger partial charge is 0.227 e. The molecule has 26 heavy (non-hydrogen) atoms. The van der Waals surface area contributed by atoms with E-state index in [1.807, 2.05) is 12.1 Å². The first-order chi connectivity index (χ1) is 12.4.